The molecule has 156 valence electrons. The summed E-state index contributed by atoms with van der Waals surface area (Å²) < 4.78 is 5.18. The van der Waals surface area contributed by atoms with Crippen LogP contribution in [-0.2, 0) is 19.1 Å². The highest BCUT2D eigenvalue weighted by Crippen LogP contribution is 2.26. The Morgan fingerprint density at radius 3 is 2.36 bits per heavy atom. The van der Waals surface area contributed by atoms with Gasteiger partial charge in [0, 0.05) is 17.9 Å². The van der Waals surface area contributed by atoms with Crippen molar-refractivity contribution >= 4 is 17.6 Å². The van der Waals surface area contributed by atoms with E-state index in [0.717, 1.165) is 17.6 Å². The van der Waals surface area contributed by atoms with Gasteiger partial charge in [0.1, 0.15) is 5.76 Å². The Morgan fingerprint density at radius 2 is 1.86 bits per heavy atom. The molecular weight excluding hydrogens is 354 g/mol. The lowest BCUT2D eigenvalue weighted by Crippen LogP contribution is -2.42. The zero-order valence-electron chi connectivity index (χ0n) is 18.5. The van der Waals surface area contributed by atoms with Crippen LogP contribution in [0.3, 0.4) is 0 Å². The predicted molar refractivity (Wildman–Crippen MR) is 111 cm³/mol. The van der Waals surface area contributed by atoms with Gasteiger partial charge in [0.2, 0.25) is 5.91 Å². The van der Waals surface area contributed by atoms with Gasteiger partial charge in [-0.3, -0.25) is 19.3 Å². The normalized spacial score (nSPS) is 21.3. The Labute approximate surface area is 169 Å². The van der Waals surface area contributed by atoms with Crippen molar-refractivity contribution in [1.29, 1.82) is 0 Å². The third-order valence-corrected chi connectivity index (χ3v) is 5.39. The summed E-state index contributed by atoms with van der Waals surface area (Å²) in [6, 6.07) is -0.355. The van der Waals surface area contributed by atoms with E-state index in [1.165, 1.54) is 18.1 Å². The molecule has 0 bridgehead atoms. The maximum absolute atomic E-state index is 12.8. The first-order chi connectivity index (χ1) is 13.0. The first kappa shape index (κ1) is 23.9. The number of methoxy groups -OCH3 is 1. The van der Waals surface area contributed by atoms with Crippen molar-refractivity contribution in [3.05, 3.63) is 35.1 Å². The Morgan fingerprint density at radius 1 is 1.25 bits per heavy atom. The van der Waals surface area contributed by atoms with Crippen LogP contribution in [0.4, 0.5) is 0 Å². The minimum atomic E-state index is -0.355. The Balaban J connectivity index is 2.66. The molecule has 4 atom stereocenters. The van der Waals surface area contributed by atoms with Gasteiger partial charge in [-0.2, -0.15) is 0 Å². The van der Waals surface area contributed by atoms with E-state index in [2.05, 4.69) is 6.92 Å². The number of allylic oxidation sites excluding steroid dienone is 4. The van der Waals surface area contributed by atoms with E-state index in [-0.39, 0.29) is 41.4 Å². The summed E-state index contributed by atoms with van der Waals surface area (Å²) in [4.78, 5) is 38.4. The van der Waals surface area contributed by atoms with Crippen LogP contribution >= 0.6 is 0 Å². The quantitative estimate of drug-likeness (QED) is 0.432. The van der Waals surface area contributed by atoms with E-state index in [9.17, 15) is 14.4 Å². The van der Waals surface area contributed by atoms with Gasteiger partial charge in [-0.1, -0.05) is 38.5 Å². The van der Waals surface area contributed by atoms with Gasteiger partial charge >= 0.3 is 0 Å². The highest BCUT2D eigenvalue weighted by atomic mass is 16.5. The van der Waals surface area contributed by atoms with Crippen molar-refractivity contribution in [2.45, 2.75) is 67.3 Å². The minimum Gasteiger partial charge on any atom is -0.499 e. The molecule has 1 rings (SSSR count). The molecule has 0 aromatic heterocycles. The van der Waals surface area contributed by atoms with E-state index in [4.69, 9.17) is 4.74 Å². The molecular formula is C23H35NO4. The first-order valence-electron chi connectivity index (χ1n) is 10.00. The number of hydrogen-bond donors (Lipinski definition) is 0. The summed E-state index contributed by atoms with van der Waals surface area (Å²) in [7, 11) is 1.51. The van der Waals surface area contributed by atoms with E-state index in [0.29, 0.717) is 12.2 Å². The number of rotatable bonds is 9. The maximum atomic E-state index is 12.8. The molecule has 0 aromatic carbocycles. The van der Waals surface area contributed by atoms with Crippen LogP contribution in [0, 0.1) is 17.8 Å². The molecule has 0 saturated carbocycles. The van der Waals surface area contributed by atoms with E-state index in [1.807, 2.05) is 46.8 Å². The number of Topliss-reactive ketones (excluding diaryl/α,β-unsaturated/α-hetero) is 1. The van der Waals surface area contributed by atoms with Crippen LogP contribution in [0.1, 0.15) is 61.3 Å². The number of carbonyl (C=O) groups excluding carboxylic acids is 3. The molecule has 28 heavy (non-hydrogen) atoms. The van der Waals surface area contributed by atoms with Gasteiger partial charge in [0.15, 0.2) is 5.78 Å². The molecule has 0 spiro atoms. The number of nitrogens with zero attached hydrogens (tertiary/aromatic N) is 1. The number of ether oxygens (including phenoxy) is 1. The smallest absolute Gasteiger partial charge is 0.257 e. The van der Waals surface area contributed by atoms with E-state index < -0.39 is 0 Å². The molecule has 5 nitrogen and oxygen atoms in total. The van der Waals surface area contributed by atoms with Crippen LogP contribution in [0.25, 0.3) is 0 Å². The van der Waals surface area contributed by atoms with Gasteiger partial charge in [-0.15, -0.1) is 0 Å². The highest BCUT2D eigenvalue weighted by molar-refractivity contribution is 6.04. The first-order valence-corrected chi connectivity index (χ1v) is 10.00. The monoisotopic (exact) mass is 389 g/mol. The molecule has 0 aromatic rings. The second-order valence-electron chi connectivity index (χ2n) is 8.06. The molecule has 2 amide bonds. The number of hydrogen-bond acceptors (Lipinski definition) is 4. The average molecular weight is 390 g/mol. The summed E-state index contributed by atoms with van der Waals surface area (Å²) >= 11 is 0. The second kappa shape index (κ2) is 10.4. The van der Waals surface area contributed by atoms with Crippen molar-refractivity contribution in [1.82, 2.24) is 4.90 Å². The van der Waals surface area contributed by atoms with Gasteiger partial charge in [0.05, 0.1) is 13.2 Å². The summed E-state index contributed by atoms with van der Waals surface area (Å²) in [5, 5.41) is 0. The number of amides is 2. The predicted octanol–water partition coefficient (Wildman–Crippen LogP) is 4.44. The lowest BCUT2D eigenvalue weighted by Gasteiger charge is -2.26. The van der Waals surface area contributed by atoms with Crippen molar-refractivity contribution in [3.63, 3.8) is 0 Å². The third kappa shape index (κ3) is 5.91. The summed E-state index contributed by atoms with van der Waals surface area (Å²) in [6.07, 6.45) is 6.73. The standard InChI is InChI=1S/C23H35NO4/c1-9-16(4)22(26)17(5)11-14(2)10-15(3)12-18(6)23(27)24-19(7)20(28-8)13-21(24)25/h9,11,13,15,17-19H,10,12H2,1-8H3/b14-11+,16-9+/t15-,17+,18+,19-/m0/s1. The van der Waals surface area contributed by atoms with E-state index in [1.54, 1.807) is 6.92 Å². The number of ketones is 1. The van der Waals surface area contributed by atoms with Crippen LogP contribution in [0.5, 0.6) is 0 Å². The minimum absolute atomic E-state index is 0.140. The Bertz CT molecular complexity index is 701. The molecule has 1 aliphatic heterocycles. The van der Waals surface area contributed by atoms with Crippen molar-refractivity contribution in [3.8, 4) is 0 Å². The fourth-order valence-electron chi connectivity index (χ4n) is 3.81. The summed E-state index contributed by atoms with van der Waals surface area (Å²) in [5.74, 6) is 0.0435. The lowest BCUT2D eigenvalue weighted by molar-refractivity contribution is -0.145. The van der Waals surface area contributed by atoms with Gasteiger partial charge in [-0.05, 0) is 52.0 Å². The largest absolute Gasteiger partial charge is 0.499 e. The summed E-state index contributed by atoms with van der Waals surface area (Å²) in [5.41, 5.74) is 1.92. The van der Waals surface area contributed by atoms with Crippen molar-refractivity contribution in [2.24, 2.45) is 17.8 Å². The topological polar surface area (TPSA) is 63.7 Å². The average Bonchev–Trinajstić information content (AvgIpc) is 2.92. The van der Waals surface area contributed by atoms with Crippen LogP contribution in [-0.4, -0.2) is 35.6 Å². The molecule has 0 aliphatic carbocycles. The van der Waals surface area contributed by atoms with Gasteiger partial charge in [-0.25, -0.2) is 0 Å². The Kier molecular flexibility index (Phi) is 8.86. The zero-order valence-corrected chi connectivity index (χ0v) is 18.5. The third-order valence-electron chi connectivity index (χ3n) is 5.39. The van der Waals surface area contributed by atoms with Crippen LogP contribution < -0.4 is 0 Å². The molecule has 0 unspecified atom stereocenters. The lowest BCUT2D eigenvalue weighted by atomic mass is 9.89. The maximum Gasteiger partial charge on any atom is 0.257 e. The van der Waals surface area contributed by atoms with E-state index >= 15 is 0 Å². The fourth-order valence-corrected chi connectivity index (χ4v) is 3.81. The highest BCUT2D eigenvalue weighted by Gasteiger charge is 2.37. The molecule has 1 heterocycles. The molecule has 1 aliphatic rings. The SMILES string of the molecule is C/C=C(\C)C(=O)[C@H](C)/C=C(\C)C[C@H](C)C[C@@H](C)C(=O)N1C(=O)C=C(OC)[C@@H]1C. The van der Waals surface area contributed by atoms with Gasteiger partial charge in [0.25, 0.3) is 5.91 Å². The fraction of sp³-hybridized carbons (Fsp3) is 0.609. The van der Waals surface area contributed by atoms with Crippen LogP contribution in [0.15, 0.2) is 35.1 Å². The summed E-state index contributed by atoms with van der Waals surface area (Å²) in [6.45, 7) is 13.4. The second-order valence-corrected chi connectivity index (χ2v) is 8.06. The molecule has 5 heteroatoms. The zero-order chi connectivity index (χ0) is 21.6. The number of carbonyl (C=O) groups is 3. The van der Waals surface area contributed by atoms with Crippen molar-refractivity contribution in [2.75, 3.05) is 7.11 Å². The Hall–Kier alpha value is -2.17. The van der Waals surface area contributed by atoms with Crippen LogP contribution in [0.2, 0.25) is 0 Å². The molecule has 0 radical (unpaired) electrons. The molecule has 0 saturated heterocycles. The van der Waals surface area contributed by atoms with Crippen molar-refractivity contribution < 1.29 is 19.1 Å². The molecule has 0 fully saturated rings. The number of imide groups is 1. The van der Waals surface area contributed by atoms with Gasteiger partial charge < -0.3 is 4.74 Å². The molecule has 0 N–H and O–H groups in total.